The lowest BCUT2D eigenvalue weighted by Gasteiger charge is -2.27. The highest BCUT2D eigenvalue weighted by Crippen LogP contribution is 2.30. The molecule has 0 saturated carbocycles. The first-order chi connectivity index (χ1) is 17.7. The molecule has 0 radical (unpaired) electrons. The van der Waals surface area contributed by atoms with Gasteiger partial charge in [0.1, 0.15) is 11.9 Å². The standard InChI is InChI=1S/C27H25F3N4O3/c1-17-5-6-21(34-26(35)10-18-3-2-4-20(9-18)27(28,29)30)11-24(17)33-13-19(12-31)23-14-32-8-7-25(23)37-22-15-36-16-22/h2-9,11-14,22H,10,15-16,31H2,1H3,(H,34,35). The van der Waals surface area contributed by atoms with Gasteiger partial charge in [-0.25, -0.2) is 0 Å². The van der Waals surface area contributed by atoms with Crippen LogP contribution in [0.25, 0.3) is 5.57 Å². The van der Waals surface area contributed by atoms with E-state index in [0.29, 0.717) is 41.5 Å². The van der Waals surface area contributed by atoms with Gasteiger partial charge in [-0.1, -0.05) is 24.3 Å². The SMILES string of the molecule is Cc1ccc(NC(=O)Cc2cccc(C(F)(F)F)c2)cc1N=CC(=CN)c1cnccc1OC1COC1. The minimum atomic E-state index is -4.47. The Morgan fingerprint density at radius 1 is 1.24 bits per heavy atom. The number of aryl methyl sites for hydroxylation is 1. The molecule has 1 amide bonds. The van der Waals surface area contributed by atoms with Crippen LogP contribution in [0, 0.1) is 6.92 Å². The van der Waals surface area contributed by atoms with E-state index in [9.17, 15) is 18.0 Å². The van der Waals surface area contributed by atoms with Gasteiger partial charge in [-0.05, 0) is 42.3 Å². The number of benzene rings is 2. The van der Waals surface area contributed by atoms with Crippen LogP contribution < -0.4 is 15.8 Å². The number of carbonyl (C=O) groups is 1. The van der Waals surface area contributed by atoms with E-state index in [4.69, 9.17) is 15.2 Å². The van der Waals surface area contributed by atoms with Crippen LogP contribution in [0.4, 0.5) is 24.5 Å². The van der Waals surface area contributed by atoms with E-state index in [0.717, 1.165) is 17.7 Å². The van der Waals surface area contributed by atoms with Gasteiger partial charge in [-0.2, -0.15) is 13.2 Å². The fourth-order valence-corrected chi connectivity index (χ4v) is 3.58. The summed E-state index contributed by atoms with van der Waals surface area (Å²) < 4.78 is 50.0. The lowest BCUT2D eigenvalue weighted by atomic mass is 10.1. The van der Waals surface area contributed by atoms with E-state index in [-0.39, 0.29) is 18.1 Å². The number of anilines is 1. The Kier molecular flexibility index (Phi) is 7.88. The first-order valence-electron chi connectivity index (χ1n) is 11.4. The molecule has 4 rings (SSSR count). The van der Waals surface area contributed by atoms with Crippen molar-refractivity contribution in [3.05, 3.63) is 89.4 Å². The second-order valence-electron chi connectivity index (χ2n) is 8.45. The third-order valence-electron chi connectivity index (χ3n) is 5.63. The molecule has 3 aromatic rings. The largest absolute Gasteiger partial charge is 0.485 e. The van der Waals surface area contributed by atoms with Gasteiger partial charge >= 0.3 is 6.18 Å². The van der Waals surface area contributed by atoms with Crippen LogP contribution in [-0.4, -0.2) is 36.4 Å². The molecule has 1 aliphatic rings. The highest BCUT2D eigenvalue weighted by molar-refractivity contribution is 6.11. The summed E-state index contributed by atoms with van der Waals surface area (Å²) in [4.78, 5) is 21.2. The molecule has 37 heavy (non-hydrogen) atoms. The average molecular weight is 511 g/mol. The summed E-state index contributed by atoms with van der Waals surface area (Å²) in [6.07, 6.45) is 1.54. The third-order valence-corrected chi connectivity index (χ3v) is 5.63. The fraction of sp³-hybridized carbons (Fsp3) is 0.222. The number of aromatic nitrogens is 1. The number of hydrogen-bond donors (Lipinski definition) is 2. The average Bonchev–Trinajstić information content (AvgIpc) is 2.84. The van der Waals surface area contributed by atoms with Crippen LogP contribution >= 0.6 is 0 Å². The van der Waals surface area contributed by atoms with Crippen LogP contribution in [0.15, 0.2) is 72.1 Å². The monoisotopic (exact) mass is 510 g/mol. The Hall–Kier alpha value is -4.18. The van der Waals surface area contributed by atoms with Crippen molar-refractivity contribution in [2.45, 2.75) is 25.6 Å². The van der Waals surface area contributed by atoms with Crippen LogP contribution in [0.3, 0.4) is 0 Å². The Bertz CT molecular complexity index is 1330. The molecule has 0 spiro atoms. The van der Waals surface area contributed by atoms with Gasteiger partial charge in [0.2, 0.25) is 5.91 Å². The zero-order valence-electron chi connectivity index (χ0n) is 20.0. The number of amides is 1. The van der Waals surface area contributed by atoms with Crippen molar-refractivity contribution < 1.29 is 27.4 Å². The van der Waals surface area contributed by atoms with Gasteiger partial charge in [0, 0.05) is 41.6 Å². The molecule has 0 unspecified atom stereocenters. The highest BCUT2D eigenvalue weighted by atomic mass is 19.4. The quantitative estimate of drug-likeness (QED) is 0.413. The number of allylic oxidation sites excluding steroid dienone is 1. The molecule has 1 saturated heterocycles. The number of hydrogen-bond acceptors (Lipinski definition) is 6. The van der Waals surface area contributed by atoms with Crippen molar-refractivity contribution in [3.63, 3.8) is 0 Å². The predicted octanol–water partition coefficient (Wildman–Crippen LogP) is 5.07. The van der Waals surface area contributed by atoms with Crippen LogP contribution in [0.1, 0.15) is 22.3 Å². The molecule has 1 fully saturated rings. The summed E-state index contributed by atoms with van der Waals surface area (Å²) in [6, 6.07) is 11.6. The van der Waals surface area contributed by atoms with Gasteiger partial charge in [-0.3, -0.25) is 14.8 Å². The van der Waals surface area contributed by atoms with E-state index >= 15 is 0 Å². The number of carbonyl (C=O) groups excluding carboxylic acids is 1. The number of halogens is 3. The van der Waals surface area contributed by atoms with Crippen molar-refractivity contribution in [1.29, 1.82) is 0 Å². The molecule has 1 aliphatic heterocycles. The van der Waals surface area contributed by atoms with Gasteiger partial charge in [0.15, 0.2) is 0 Å². The number of alkyl halides is 3. The molecule has 0 bridgehead atoms. The van der Waals surface area contributed by atoms with Crippen LogP contribution in [0.5, 0.6) is 5.75 Å². The van der Waals surface area contributed by atoms with E-state index in [1.165, 1.54) is 18.3 Å². The second kappa shape index (κ2) is 11.3. The van der Waals surface area contributed by atoms with Gasteiger partial charge < -0.3 is 20.5 Å². The minimum Gasteiger partial charge on any atom is -0.485 e. The first-order valence-corrected chi connectivity index (χ1v) is 11.4. The summed E-state index contributed by atoms with van der Waals surface area (Å²) in [5.74, 6) is 0.163. The number of nitrogens with one attached hydrogen (secondary N) is 1. The molecule has 7 nitrogen and oxygen atoms in total. The Morgan fingerprint density at radius 3 is 2.76 bits per heavy atom. The van der Waals surface area contributed by atoms with E-state index in [1.807, 2.05) is 6.92 Å². The predicted molar refractivity (Wildman–Crippen MR) is 135 cm³/mol. The number of aliphatic imine (C=N–C) groups is 1. The number of pyridine rings is 1. The Balaban J connectivity index is 1.47. The molecular formula is C27H25F3N4O3. The topological polar surface area (TPSA) is 98.8 Å². The zero-order chi connectivity index (χ0) is 26.4. The van der Waals surface area contributed by atoms with E-state index in [1.54, 1.807) is 42.9 Å². The molecule has 10 heteroatoms. The van der Waals surface area contributed by atoms with Crippen LogP contribution in [0.2, 0.25) is 0 Å². The van der Waals surface area contributed by atoms with Crippen LogP contribution in [-0.2, 0) is 22.1 Å². The molecule has 2 aromatic carbocycles. The lowest BCUT2D eigenvalue weighted by molar-refractivity contribution is -0.137. The van der Waals surface area contributed by atoms with Gasteiger partial charge in [-0.15, -0.1) is 0 Å². The normalized spacial score (nSPS) is 14.4. The third kappa shape index (κ3) is 6.73. The molecule has 0 aliphatic carbocycles. The van der Waals surface area contributed by atoms with Crippen molar-refractivity contribution >= 4 is 29.1 Å². The van der Waals surface area contributed by atoms with Gasteiger partial charge in [0.05, 0.1) is 30.9 Å². The number of rotatable bonds is 8. The molecule has 3 N–H and O–H groups in total. The Labute approximate surface area is 211 Å². The van der Waals surface area contributed by atoms with Crippen molar-refractivity contribution in [2.75, 3.05) is 18.5 Å². The summed E-state index contributed by atoms with van der Waals surface area (Å²) in [5, 5.41) is 2.72. The van der Waals surface area contributed by atoms with Crippen molar-refractivity contribution in [1.82, 2.24) is 4.98 Å². The molecular weight excluding hydrogens is 485 g/mol. The summed E-state index contributed by atoms with van der Waals surface area (Å²) in [5.41, 5.74) is 8.48. The number of nitrogens with two attached hydrogens (primary N) is 1. The maximum atomic E-state index is 13.0. The molecule has 0 atom stereocenters. The fourth-order valence-electron chi connectivity index (χ4n) is 3.58. The number of nitrogens with zero attached hydrogens (tertiary/aromatic N) is 2. The summed E-state index contributed by atoms with van der Waals surface area (Å²) in [6.45, 7) is 2.90. The van der Waals surface area contributed by atoms with E-state index in [2.05, 4.69) is 15.3 Å². The number of ether oxygens (including phenoxy) is 2. The minimum absolute atomic E-state index is 0.0319. The first kappa shape index (κ1) is 25.9. The smallest absolute Gasteiger partial charge is 0.416 e. The van der Waals surface area contributed by atoms with E-state index < -0.39 is 17.6 Å². The summed E-state index contributed by atoms with van der Waals surface area (Å²) >= 11 is 0. The maximum absolute atomic E-state index is 13.0. The van der Waals surface area contributed by atoms with Crippen molar-refractivity contribution in [3.8, 4) is 5.75 Å². The molecule has 2 heterocycles. The maximum Gasteiger partial charge on any atom is 0.416 e. The molecule has 1 aromatic heterocycles. The van der Waals surface area contributed by atoms with Gasteiger partial charge in [0.25, 0.3) is 0 Å². The lowest BCUT2D eigenvalue weighted by Crippen LogP contribution is -2.38. The highest BCUT2D eigenvalue weighted by Gasteiger charge is 2.30. The Morgan fingerprint density at radius 2 is 2.05 bits per heavy atom. The molecule has 192 valence electrons. The van der Waals surface area contributed by atoms with Crippen molar-refractivity contribution in [2.24, 2.45) is 10.7 Å². The second-order valence-corrected chi connectivity index (χ2v) is 8.45. The zero-order valence-corrected chi connectivity index (χ0v) is 20.0. The summed E-state index contributed by atoms with van der Waals surface area (Å²) in [7, 11) is 0.